The summed E-state index contributed by atoms with van der Waals surface area (Å²) >= 11 is 0. The Morgan fingerprint density at radius 1 is 1.38 bits per heavy atom. The molecule has 110 valence electrons. The summed E-state index contributed by atoms with van der Waals surface area (Å²) in [7, 11) is 1.57. The minimum absolute atomic E-state index is 0.226. The largest absolute Gasteiger partial charge is 0.398 e. The van der Waals surface area contributed by atoms with Crippen molar-refractivity contribution in [2.24, 2.45) is 5.73 Å². The van der Waals surface area contributed by atoms with Gasteiger partial charge in [-0.15, -0.1) is 0 Å². The molecule has 0 saturated carbocycles. The van der Waals surface area contributed by atoms with E-state index < -0.39 is 0 Å². The fraction of sp³-hybridized carbons (Fsp3) is 0.250. The number of aromatic nitrogens is 1. The van der Waals surface area contributed by atoms with Crippen LogP contribution in [-0.2, 0) is 6.42 Å². The summed E-state index contributed by atoms with van der Waals surface area (Å²) in [5.74, 6) is 0.153. The van der Waals surface area contributed by atoms with Crippen LogP contribution < -0.4 is 11.1 Å². The molecule has 0 aliphatic heterocycles. The first-order valence-electron chi connectivity index (χ1n) is 6.81. The van der Waals surface area contributed by atoms with Crippen LogP contribution in [0.25, 0.3) is 11.8 Å². The number of nitrogens with two attached hydrogens (primary N) is 1. The predicted octanol–water partition coefficient (Wildman–Crippen LogP) is 2.36. The molecular formula is C16H19N3O2. The molecule has 2 aromatic rings. The Hall–Kier alpha value is -2.56. The minimum Gasteiger partial charge on any atom is -0.398 e. The molecule has 0 radical (unpaired) electrons. The van der Waals surface area contributed by atoms with Gasteiger partial charge >= 0.3 is 0 Å². The number of benzene rings is 1. The zero-order chi connectivity index (χ0) is 15.4. The number of aryl methyl sites for hydroxylation is 2. The van der Waals surface area contributed by atoms with Crippen molar-refractivity contribution in [2.75, 3.05) is 7.05 Å². The van der Waals surface area contributed by atoms with E-state index >= 15 is 0 Å². The molecule has 21 heavy (non-hydrogen) atoms. The van der Waals surface area contributed by atoms with E-state index in [4.69, 9.17) is 10.3 Å². The van der Waals surface area contributed by atoms with Crippen LogP contribution in [0.15, 0.2) is 28.8 Å². The second-order valence-corrected chi connectivity index (χ2v) is 4.77. The van der Waals surface area contributed by atoms with Crippen molar-refractivity contribution in [3.8, 4) is 0 Å². The van der Waals surface area contributed by atoms with E-state index in [1.807, 2.05) is 38.1 Å². The quantitative estimate of drug-likeness (QED) is 0.903. The van der Waals surface area contributed by atoms with Crippen LogP contribution >= 0.6 is 0 Å². The molecule has 0 unspecified atom stereocenters. The lowest BCUT2D eigenvalue weighted by molar-refractivity contribution is 0.0961. The third-order valence-electron chi connectivity index (χ3n) is 3.25. The third-order valence-corrected chi connectivity index (χ3v) is 3.25. The van der Waals surface area contributed by atoms with E-state index in [1.165, 1.54) is 0 Å². The molecule has 1 amide bonds. The summed E-state index contributed by atoms with van der Waals surface area (Å²) < 4.78 is 5.26. The molecule has 1 aromatic heterocycles. The van der Waals surface area contributed by atoms with Crippen molar-refractivity contribution in [1.82, 2.24) is 10.5 Å². The molecule has 1 aromatic carbocycles. The molecule has 2 rings (SSSR count). The van der Waals surface area contributed by atoms with Crippen molar-refractivity contribution >= 4 is 17.7 Å². The van der Waals surface area contributed by atoms with E-state index in [0.29, 0.717) is 29.1 Å². The molecule has 0 bridgehead atoms. The Balaban J connectivity index is 2.42. The molecular weight excluding hydrogens is 266 g/mol. The first kappa shape index (κ1) is 14.8. The summed E-state index contributed by atoms with van der Waals surface area (Å²) in [5, 5.41) is 6.52. The van der Waals surface area contributed by atoms with Crippen molar-refractivity contribution in [1.29, 1.82) is 0 Å². The van der Waals surface area contributed by atoms with Crippen LogP contribution in [0, 0.1) is 6.92 Å². The highest BCUT2D eigenvalue weighted by Gasteiger charge is 2.19. The molecule has 0 aliphatic carbocycles. The molecule has 0 atom stereocenters. The van der Waals surface area contributed by atoms with E-state index in [2.05, 4.69) is 10.5 Å². The fourth-order valence-electron chi connectivity index (χ4n) is 2.02. The van der Waals surface area contributed by atoms with Crippen LogP contribution in [0.1, 0.15) is 39.9 Å². The predicted molar refractivity (Wildman–Crippen MR) is 82.5 cm³/mol. The number of carbonyl (C=O) groups excluding carboxylic acids is 1. The van der Waals surface area contributed by atoms with Crippen LogP contribution in [-0.4, -0.2) is 18.1 Å². The van der Waals surface area contributed by atoms with E-state index in [1.54, 1.807) is 13.1 Å². The number of hydrogen-bond acceptors (Lipinski definition) is 4. The zero-order valence-electron chi connectivity index (χ0n) is 12.4. The molecule has 0 saturated heterocycles. The summed E-state index contributed by atoms with van der Waals surface area (Å²) in [5.41, 5.74) is 9.70. The zero-order valence-corrected chi connectivity index (χ0v) is 12.4. The Bertz CT molecular complexity index is 669. The topological polar surface area (TPSA) is 81.2 Å². The van der Waals surface area contributed by atoms with E-state index in [9.17, 15) is 4.79 Å². The van der Waals surface area contributed by atoms with Gasteiger partial charge in [0, 0.05) is 18.8 Å². The SMILES string of the molecule is CCc1noc(/C=C(\N)c2ccc(C)cc2)c1C(=O)NC. The Labute approximate surface area is 123 Å². The number of carbonyl (C=O) groups is 1. The van der Waals surface area contributed by atoms with Crippen molar-refractivity contribution in [3.05, 3.63) is 52.4 Å². The third kappa shape index (κ3) is 3.13. The van der Waals surface area contributed by atoms with Gasteiger partial charge in [-0.2, -0.15) is 0 Å². The summed E-state index contributed by atoms with van der Waals surface area (Å²) in [6.45, 7) is 3.93. The maximum Gasteiger partial charge on any atom is 0.256 e. The highest BCUT2D eigenvalue weighted by atomic mass is 16.5. The van der Waals surface area contributed by atoms with Gasteiger partial charge in [-0.25, -0.2) is 0 Å². The Morgan fingerprint density at radius 3 is 2.62 bits per heavy atom. The van der Waals surface area contributed by atoms with Crippen LogP contribution in [0.2, 0.25) is 0 Å². The van der Waals surface area contributed by atoms with E-state index in [-0.39, 0.29) is 5.91 Å². The lowest BCUT2D eigenvalue weighted by Crippen LogP contribution is -2.19. The molecule has 5 heteroatoms. The Morgan fingerprint density at radius 2 is 2.05 bits per heavy atom. The summed E-state index contributed by atoms with van der Waals surface area (Å²) in [6.07, 6.45) is 2.26. The van der Waals surface area contributed by atoms with Gasteiger partial charge in [0.05, 0.1) is 5.69 Å². The van der Waals surface area contributed by atoms with Gasteiger partial charge in [-0.3, -0.25) is 4.79 Å². The smallest absolute Gasteiger partial charge is 0.256 e. The number of nitrogens with one attached hydrogen (secondary N) is 1. The van der Waals surface area contributed by atoms with Gasteiger partial charge < -0.3 is 15.6 Å². The monoisotopic (exact) mass is 285 g/mol. The lowest BCUT2D eigenvalue weighted by Gasteiger charge is -2.03. The molecule has 0 spiro atoms. The molecule has 0 fully saturated rings. The highest BCUT2D eigenvalue weighted by molar-refractivity contribution is 5.99. The summed E-state index contributed by atoms with van der Waals surface area (Å²) in [4.78, 5) is 12.0. The second kappa shape index (κ2) is 6.26. The normalized spacial score (nSPS) is 11.5. The first-order valence-corrected chi connectivity index (χ1v) is 6.81. The van der Waals surface area contributed by atoms with Crippen LogP contribution in [0.4, 0.5) is 0 Å². The van der Waals surface area contributed by atoms with Crippen molar-refractivity contribution in [2.45, 2.75) is 20.3 Å². The Kier molecular flexibility index (Phi) is 4.42. The van der Waals surface area contributed by atoms with Gasteiger partial charge in [0.15, 0.2) is 5.76 Å². The van der Waals surface area contributed by atoms with Crippen LogP contribution in [0.3, 0.4) is 0 Å². The maximum absolute atomic E-state index is 12.0. The standard InChI is InChI=1S/C16H19N3O2/c1-4-13-15(16(20)18-3)14(21-19-13)9-12(17)11-7-5-10(2)6-8-11/h5-9H,4,17H2,1-3H3,(H,18,20)/b12-9-. The van der Waals surface area contributed by atoms with Crippen LogP contribution in [0.5, 0.6) is 0 Å². The highest BCUT2D eigenvalue weighted by Crippen LogP contribution is 2.20. The molecule has 0 aliphatic rings. The second-order valence-electron chi connectivity index (χ2n) is 4.77. The first-order chi connectivity index (χ1) is 10.1. The fourth-order valence-corrected chi connectivity index (χ4v) is 2.02. The summed E-state index contributed by atoms with van der Waals surface area (Å²) in [6, 6.07) is 7.82. The van der Waals surface area contributed by atoms with Gasteiger partial charge in [0.2, 0.25) is 0 Å². The molecule has 5 nitrogen and oxygen atoms in total. The molecule has 1 heterocycles. The maximum atomic E-state index is 12.0. The van der Waals surface area contributed by atoms with Gasteiger partial charge in [-0.1, -0.05) is 41.9 Å². The number of amides is 1. The number of hydrogen-bond donors (Lipinski definition) is 2. The number of rotatable bonds is 4. The van der Waals surface area contributed by atoms with Crippen molar-refractivity contribution in [3.63, 3.8) is 0 Å². The average Bonchev–Trinajstić information content (AvgIpc) is 2.89. The van der Waals surface area contributed by atoms with Crippen molar-refractivity contribution < 1.29 is 9.32 Å². The van der Waals surface area contributed by atoms with E-state index in [0.717, 1.165) is 11.1 Å². The number of nitrogens with zero attached hydrogens (tertiary/aromatic N) is 1. The van der Waals surface area contributed by atoms with Gasteiger partial charge in [0.25, 0.3) is 5.91 Å². The average molecular weight is 285 g/mol. The lowest BCUT2D eigenvalue weighted by atomic mass is 10.1. The molecule has 3 N–H and O–H groups in total. The van der Waals surface area contributed by atoms with Gasteiger partial charge in [0.1, 0.15) is 5.56 Å². The minimum atomic E-state index is -0.226. The van der Waals surface area contributed by atoms with Gasteiger partial charge in [-0.05, 0) is 18.9 Å².